The van der Waals surface area contributed by atoms with Crippen LogP contribution in [0.3, 0.4) is 0 Å². The normalized spacial score (nSPS) is 10.8. The SMILES string of the molecule is CC(C)=C=C=C(P(C)C)C(C)(C)C. The van der Waals surface area contributed by atoms with E-state index in [4.69, 9.17) is 0 Å². The second-order valence-corrected chi connectivity index (χ2v) is 6.98. The minimum Gasteiger partial charge on any atom is -0.0763 e. The molecule has 0 aromatic rings. The molecule has 0 saturated heterocycles. The van der Waals surface area contributed by atoms with Gasteiger partial charge in [-0.25, -0.2) is 0 Å². The van der Waals surface area contributed by atoms with Crippen molar-refractivity contribution in [1.29, 1.82) is 0 Å². The molecule has 0 radical (unpaired) electrons. The van der Waals surface area contributed by atoms with Gasteiger partial charge < -0.3 is 0 Å². The van der Waals surface area contributed by atoms with Crippen molar-refractivity contribution in [3.63, 3.8) is 0 Å². The Kier molecular flexibility index (Phi) is 4.72. The first-order valence-corrected chi connectivity index (χ1v) is 6.85. The van der Waals surface area contributed by atoms with Crippen LogP contribution in [0.25, 0.3) is 0 Å². The van der Waals surface area contributed by atoms with E-state index in [1.165, 1.54) is 10.9 Å². The topological polar surface area (TPSA) is 0 Å². The van der Waals surface area contributed by atoms with Gasteiger partial charge in [0, 0.05) is 5.31 Å². The lowest BCUT2D eigenvalue weighted by Gasteiger charge is -2.23. The van der Waals surface area contributed by atoms with E-state index in [2.05, 4.69) is 59.4 Å². The quantitative estimate of drug-likeness (QED) is 0.431. The predicted octanol–water partition coefficient (Wildman–Crippen LogP) is 4.38. The maximum Gasteiger partial charge on any atom is 0.00842 e. The van der Waals surface area contributed by atoms with Crippen molar-refractivity contribution in [2.75, 3.05) is 13.3 Å². The van der Waals surface area contributed by atoms with Crippen molar-refractivity contribution >= 4 is 7.92 Å². The van der Waals surface area contributed by atoms with Gasteiger partial charge in [0.2, 0.25) is 0 Å². The fourth-order valence-electron chi connectivity index (χ4n) is 1.15. The molecule has 0 aliphatic carbocycles. The molecule has 0 spiro atoms. The summed E-state index contributed by atoms with van der Waals surface area (Å²) in [6.07, 6.45) is 0. The number of allylic oxidation sites excluding steroid dienone is 2. The molecule has 0 amide bonds. The highest BCUT2D eigenvalue weighted by atomic mass is 31.1. The predicted molar refractivity (Wildman–Crippen MR) is 63.6 cm³/mol. The van der Waals surface area contributed by atoms with E-state index >= 15 is 0 Å². The Hall–Kier alpha value is -0.270. The number of rotatable bonds is 1. The number of hydrogen-bond acceptors (Lipinski definition) is 0. The highest BCUT2D eigenvalue weighted by molar-refractivity contribution is 7.60. The maximum absolute atomic E-state index is 3.32. The summed E-state index contributed by atoms with van der Waals surface area (Å²) in [6, 6.07) is 0. The highest BCUT2D eigenvalue weighted by Gasteiger charge is 2.19. The van der Waals surface area contributed by atoms with Crippen LogP contribution < -0.4 is 0 Å². The van der Waals surface area contributed by atoms with Gasteiger partial charge in [0.25, 0.3) is 0 Å². The first-order chi connectivity index (χ1) is 5.75. The average Bonchev–Trinajstić information content (AvgIpc) is 1.81. The Morgan fingerprint density at radius 2 is 1.46 bits per heavy atom. The molecule has 0 N–H and O–H groups in total. The van der Waals surface area contributed by atoms with Gasteiger partial charge in [-0.05, 0) is 38.2 Å². The summed E-state index contributed by atoms with van der Waals surface area (Å²) in [5, 5.41) is 1.41. The second kappa shape index (κ2) is 4.83. The third-order valence-corrected chi connectivity index (χ3v) is 3.27. The molecule has 0 aromatic heterocycles. The Morgan fingerprint density at radius 1 is 1.00 bits per heavy atom. The average molecular weight is 196 g/mol. The molecular formula is C12H21P. The van der Waals surface area contributed by atoms with E-state index in [9.17, 15) is 0 Å². The van der Waals surface area contributed by atoms with Gasteiger partial charge in [-0.15, -0.1) is 0 Å². The molecule has 0 rings (SSSR count). The molecule has 0 unspecified atom stereocenters. The molecule has 0 bridgehead atoms. The van der Waals surface area contributed by atoms with Crippen molar-refractivity contribution < 1.29 is 0 Å². The molecule has 0 aliphatic heterocycles. The van der Waals surface area contributed by atoms with Gasteiger partial charge in [-0.1, -0.05) is 40.2 Å². The fourth-order valence-corrected chi connectivity index (χ4v) is 2.78. The van der Waals surface area contributed by atoms with Gasteiger partial charge in [-0.2, -0.15) is 0 Å². The molecule has 0 saturated carbocycles. The molecule has 74 valence electrons. The third kappa shape index (κ3) is 5.12. The van der Waals surface area contributed by atoms with Gasteiger partial charge in [0.15, 0.2) is 0 Å². The van der Waals surface area contributed by atoms with Gasteiger partial charge in [0.1, 0.15) is 0 Å². The molecule has 0 aliphatic rings. The van der Waals surface area contributed by atoms with Crippen LogP contribution in [-0.4, -0.2) is 13.3 Å². The van der Waals surface area contributed by atoms with Crippen molar-refractivity contribution in [2.24, 2.45) is 5.41 Å². The summed E-state index contributed by atoms with van der Waals surface area (Å²) < 4.78 is 0. The standard InChI is InChI=1S/C12H21P/c1-10(2)8-9-11(13(6)7)12(3,4)5/h1-7H3. The summed E-state index contributed by atoms with van der Waals surface area (Å²) in [4.78, 5) is 0. The largest absolute Gasteiger partial charge is 0.0763 e. The molecule has 0 aromatic carbocycles. The zero-order chi connectivity index (χ0) is 10.6. The van der Waals surface area contributed by atoms with Crippen LogP contribution in [0.2, 0.25) is 0 Å². The van der Waals surface area contributed by atoms with E-state index in [0.29, 0.717) is 0 Å². The monoisotopic (exact) mass is 196 g/mol. The second-order valence-electron chi connectivity index (χ2n) is 4.74. The van der Waals surface area contributed by atoms with Crippen molar-refractivity contribution in [2.45, 2.75) is 34.6 Å². The third-order valence-electron chi connectivity index (χ3n) is 1.59. The summed E-state index contributed by atoms with van der Waals surface area (Å²) in [5.41, 5.74) is 7.92. The van der Waals surface area contributed by atoms with Crippen molar-refractivity contribution in [3.05, 3.63) is 22.3 Å². The minimum absolute atomic E-state index is 0.0529. The zero-order valence-corrected chi connectivity index (χ0v) is 10.8. The van der Waals surface area contributed by atoms with Crippen molar-refractivity contribution in [1.82, 2.24) is 0 Å². The smallest absolute Gasteiger partial charge is 0.00842 e. The van der Waals surface area contributed by atoms with E-state index < -0.39 is 0 Å². The van der Waals surface area contributed by atoms with Crippen LogP contribution in [0.4, 0.5) is 0 Å². The summed E-state index contributed by atoms with van der Waals surface area (Å²) in [7, 11) is -0.0529. The summed E-state index contributed by atoms with van der Waals surface area (Å²) >= 11 is 0. The number of hydrogen-bond donors (Lipinski definition) is 0. The van der Waals surface area contributed by atoms with Gasteiger partial charge in [-0.3, -0.25) is 0 Å². The van der Waals surface area contributed by atoms with Crippen molar-refractivity contribution in [3.8, 4) is 0 Å². The Balaban J connectivity index is 5.31. The summed E-state index contributed by atoms with van der Waals surface area (Å²) in [5.74, 6) is 0. The minimum atomic E-state index is -0.0529. The van der Waals surface area contributed by atoms with E-state index in [1.54, 1.807) is 0 Å². The molecule has 13 heavy (non-hydrogen) atoms. The molecule has 0 atom stereocenters. The van der Waals surface area contributed by atoms with Crippen LogP contribution in [0.15, 0.2) is 22.3 Å². The van der Waals surface area contributed by atoms with Crippen LogP contribution in [0, 0.1) is 5.41 Å². The Morgan fingerprint density at radius 3 is 1.69 bits per heavy atom. The summed E-state index contributed by atoms with van der Waals surface area (Å²) in [6.45, 7) is 15.4. The Labute approximate surface area is 84.2 Å². The molecule has 0 nitrogen and oxygen atoms in total. The zero-order valence-electron chi connectivity index (χ0n) is 9.95. The first-order valence-electron chi connectivity index (χ1n) is 4.62. The van der Waals surface area contributed by atoms with Gasteiger partial charge >= 0.3 is 0 Å². The molecule has 0 heterocycles. The van der Waals surface area contributed by atoms with Gasteiger partial charge in [0.05, 0.1) is 0 Å². The van der Waals surface area contributed by atoms with Crippen LogP contribution in [-0.2, 0) is 0 Å². The van der Waals surface area contributed by atoms with E-state index in [1.807, 2.05) is 0 Å². The fraction of sp³-hybridized carbons (Fsp3) is 0.667. The molecule has 1 heteroatoms. The lowest BCUT2D eigenvalue weighted by molar-refractivity contribution is 0.532. The maximum atomic E-state index is 3.32. The van der Waals surface area contributed by atoms with Crippen LogP contribution in [0.5, 0.6) is 0 Å². The molecule has 0 fully saturated rings. The highest BCUT2D eigenvalue weighted by Crippen LogP contribution is 2.46. The van der Waals surface area contributed by atoms with Crippen LogP contribution in [0.1, 0.15) is 34.6 Å². The first kappa shape index (κ1) is 12.7. The van der Waals surface area contributed by atoms with Crippen LogP contribution >= 0.6 is 7.92 Å². The Bertz CT molecular complexity index is 260. The van der Waals surface area contributed by atoms with E-state index in [-0.39, 0.29) is 13.3 Å². The van der Waals surface area contributed by atoms with E-state index in [0.717, 1.165) is 0 Å². The molecular weight excluding hydrogens is 175 g/mol. The lowest BCUT2D eigenvalue weighted by Crippen LogP contribution is -2.06. The lowest BCUT2D eigenvalue weighted by atomic mass is 9.96.